The van der Waals surface area contributed by atoms with Gasteiger partial charge in [-0.25, -0.2) is 0 Å². The molecule has 1 aromatic rings. The Balaban J connectivity index is 1.87. The fraction of sp³-hybridized carbons (Fsp3) is 0.562. The molecular weight excluding hydrogens is 236 g/mol. The molecule has 2 rings (SSSR count). The predicted molar refractivity (Wildman–Crippen MR) is 79.1 cm³/mol. The fourth-order valence-corrected chi connectivity index (χ4v) is 2.73. The molecule has 1 fully saturated rings. The number of rotatable bonds is 4. The Hall–Kier alpha value is -1.35. The Morgan fingerprint density at radius 1 is 1.16 bits per heavy atom. The Bertz CT molecular complexity index is 419. The molecule has 0 heterocycles. The van der Waals surface area contributed by atoms with E-state index in [1.165, 1.54) is 44.6 Å². The lowest BCUT2D eigenvalue weighted by Gasteiger charge is -2.34. The van der Waals surface area contributed by atoms with E-state index in [1.807, 2.05) is 12.1 Å². The molecular formula is C16H24N2O. The van der Waals surface area contributed by atoms with Crippen LogP contribution in [0.15, 0.2) is 24.3 Å². The highest BCUT2D eigenvalue weighted by atomic mass is 16.1. The van der Waals surface area contributed by atoms with E-state index >= 15 is 0 Å². The maximum absolute atomic E-state index is 10.9. The number of hydrogen-bond acceptors (Lipinski definition) is 2. The van der Waals surface area contributed by atoms with Crippen molar-refractivity contribution in [3.63, 3.8) is 0 Å². The Morgan fingerprint density at radius 3 is 2.37 bits per heavy atom. The molecule has 1 saturated carbocycles. The molecule has 1 aliphatic carbocycles. The second-order valence-corrected chi connectivity index (χ2v) is 5.85. The van der Waals surface area contributed by atoms with Crippen LogP contribution in [0.2, 0.25) is 0 Å². The quantitative estimate of drug-likeness (QED) is 0.870. The van der Waals surface area contributed by atoms with E-state index in [0.29, 0.717) is 5.54 Å². The summed E-state index contributed by atoms with van der Waals surface area (Å²) in [6.45, 7) is 4.76. The molecule has 0 spiro atoms. The van der Waals surface area contributed by atoms with Gasteiger partial charge in [-0.05, 0) is 37.5 Å². The monoisotopic (exact) mass is 260 g/mol. The first kappa shape index (κ1) is 14.1. The van der Waals surface area contributed by atoms with Gasteiger partial charge in [0.2, 0.25) is 5.91 Å². The first-order chi connectivity index (χ1) is 9.07. The van der Waals surface area contributed by atoms with Gasteiger partial charge in [0.25, 0.3) is 0 Å². The summed E-state index contributed by atoms with van der Waals surface area (Å²) in [5.74, 6) is -0.0272. The number of anilines is 1. The van der Waals surface area contributed by atoms with Crippen molar-refractivity contribution >= 4 is 11.6 Å². The zero-order chi connectivity index (χ0) is 13.7. The summed E-state index contributed by atoms with van der Waals surface area (Å²) in [6.07, 6.45) is 6.60. The summed E-state index contributed by atoms with van der Waals surface area (Å²) in [5.41, 5.74) is 2.43. The second kappa shape index (κ2) is 6.20. The molecule has 1 aromatic carbocycles. The van der Waals surface area contributed by atoms with E-state index in [9.17, 15) is 4.79 Å². The molecule has 1 amide bonds. The molecule has 0 aliphatic heterocycles. The Morgan fingerprint density at radius 2 is 1.79 bits per heavy atom. The summed E-state index contributed by atoms with van der Waals surface area (Å²) in [5, 5.41) is 6.47. The van der Waals surface area contributed by atoms with Gasteiger partial charge in [-0.2, -0.15) is 0 Å². The molecule has 0 aromatic heterocycles. The van der Waals surface area contributed by atoms with Gasteiger partial charge < -0.3 is 10.6 Å². The fourth-order valence-electron chi connectivity index (χ4n) is 2.73. The van der Waals surface area contributed by atoms with Crippen LogP contribution in [-0.2, 0) is 11.3 Å². The van der Waals surface area contributed by atoms with Crippen LogP contribution in [0, 0.1) is 0 Å². The first-order valence-electron chi connectivity index (χ1n) is 7.19. The van der Waals surface area contributed by atoms with E-state index in [-0.39, 0.29) is 5.91 Å². The average molecular weight is 260 g/mol. The maximum atomic E-state index is 10.9. The van der Waals surface area contributed by atoms with Gasteiger partial charge >= 0.3 is 0 Å². The summed E-state index contributed by atoms with van der Waals surface area (Å²) in [7, 11) is 0. The minimum Gasteiger partial charge on any atom is -0.326 e. The standard InChI is InChI=1S/C16H24N2O/c1-13(19)18-15-8-6-14(7-9-15)12-17-16(2)10-4-3-5-11-16/h6-9,17H,3-5,10-12H2,1-2H3,(H,18,19). The van der Waals surface area contributed by atoms with E-state index in [1.54, 1.807) is 0 Å². The highest BCUT2D eigenvalue weighted by Gasteiger charge is 2.25. The molecule has 19 heavy (non-hydrogen) atoms. The van der Waals surface area contributed by atoms with Crippen molar-refractivity contribution in [2.24, 2.45) is 0 Å². The van der Waals surface area contributed by atoms with Crippen molar-refractivity contribution in [3.05, 3.63) is 29.8 Å². The number of carbonyl (C=O) groups excluding carboxylic acids is 1. The third-order valence-corrected chi connectivity index (χ3v) is 3.95. The highest BCUT2D eigenvalue weighted by molar-refractivity contribution is 5.88. The average Bonchev–Trinajstić information content (AvgIpc) is 2.38. The number of nitrogens with one attached hydrogen (secondary N) is 2. The van der Waals surface area contributed by atoms with Gasteiger partial charge in [0, 0.05) is 24.7 Å². The minimum absolute atomic E-state index is 0.0272. The topological polar surface area (TPSA) is 41.1 Å². The normalized spacial score (nSPS) is 18.0. The molecule has 3 heteroatoms. The lowest BCUT2D eigenvalue weighted by atomic mass is 9.83. The first-order valence-corrected chi connectivity index (χ1v) is 7.19. The zero-order valence-electron chi connectivity index (χ0n) is 12.0. The van der Waals surface area contributed by atoms with Crippen LogP contribution in [-0.4, -0.2) is 11.4 Å². The van der Waals surface area contributed by atoms with E-state index in [2.05, 4.69) is 29.7 Å². The SMILES string of the molecule is CC(=O)Nc1ccc(CNC2(C)CCCCC2)cc1. The van der Waals surface area contributed by atoms with Crippen molar-refractivity contribution < 1.29 is 4.79 Å². The lowest BCUT2D eigenvalue weighted by Crippen LogP contribution is -2.43. The predicted octanol–water partition coefficient (Wildman–Crippen LogP) is 3.46. The van der Waals surface area contributed by atoms with Crippen molar-refractivity contribution in [2.75, 3.05) is 5.32 Å². The van der Waals surface area contributed by atoms with E-state index in [4.69, 9.17) is 0 Å². The van der Waals surface area contributed by atoms with Crippen LogP contribution in [0.4, 0.5) is 5.69 Å². The second-order valence-electron chi connectivity index (χ2n) is 5.85. The van der Waals surface area contributed by atoms with Crippen molar-refractivity contribution in [1.82, 2.24) is 5.32 Å². The molecule has 0 unspecified atom stereocenters. The zero-order valence-corrected chi connectivity index (χ0v) is 12.0. The third kappa shape index (κ3) is 4.35. The third-order valence-electron chi connectivity index (χ3n) is 3.95. The Labute approximate surface area is 115 Å². The van der Waals surface area contributed by atoms with Gasteiger partial charge in [-0.15, -0.1) is 0 Å². The summed E-state index contributed by atoms with van der Waals surface area (Å²) < 4.78 is 0. The molecule has 0 saturated heterocycles. The van der Waals surface area contributed by atoms with Crippen LogP contribution < -0.4 is 10.6 Å². The molecule has 0 atom stereocenters. The minimum atomic E-state index is -0.0272. The largest absolute Gasteiger partial charge is 0.326 e. The highest BCUT2D eigenvalue weighted by Crippen LogP contribution is 2.27. The molecule has 0 radical (unpaired) electrons. The van der Waals surface area contributed by atoms with Gasteiger partial charge in [-0.1, -0.05) is 31.4 Å². The number of carbonyl (C=O) groups is 1. The number of amides is 1. The van der Waals surface area contributed by atoms with Crippen molar-refractivity contribution in [1.29, 1.82) is 0 Å². The van der Waals surface area contributed by atoms with Crippen LogP contribution in [0.25, 0.3) is 0 Å². The van der Waals surface area contributed by atoms with Crippen LogP contribution in [0.5, 0.6) is 0 Å². The van der Waals surface area contributed by atoms with E-state index < -0.39 is 0 Å². The van der Waals surface area contributed by atoms with E-state index in [0.717, 1.165) is 12.2 Å². The van der Waals surface area contributed by atoms with Crippen molar-refractivity contribution in [2.45, 2.75) is 58.0 Å². The molecule has 2 N–H and O–H groups in total. The molecule has 104 valence electrons. The summed E-state index contributed by atoms with van der Waals surface area (Å²) in [4.78, 5) is 10.9. The van der Waals surface area contributed by atoms with Gasteiger partial charge in [-0.3, -0.25) is 4.79 Å². The van der Waals surface area contributed by atoms with Crippen LogP contribution in [0.3, 0.4) is 0 Å². The molecule has 3 nitrogen and oxygen atoms in total. The lowest BCUT2D eigenvalue weighted by molar-refractivity contribution is -0.114. The molecule has 0 bridgehead atoms. The summed E-state index contributed by atoms with van der Waals surface area (Å²) >= 11 is 0. The van der Waals surface area contributed by atoms with Crippen LogP contribution in [0.1, 0.15) is 51.5 Å². The molecule has 1 aliphatic rings. The number of benzene rings is 1. The van der Waals surface area contributed by atoms with Gasteiger partial charge in [0.15, 0.2) is 0 Å². The summed E-state index contributed by atoms with van der Waals surface area (Å²) in [6, 6.07) is 8.07. The Kier molecular flexibility index (Phi) is 4.59. The van der Waals surface area contributed by atoms with Crippen molar-refractivity contribution in [3.8, 4) is 0 Å². The van der Waals surface area contributed by atoms with Gasteiger partial charge in [0.05, 0.1) is 0 Å². The van der Waals surface area contributed by atoms with Gasteiger partial charge in [0.1, 0.15) is 0 Å². The van der Waals surface area contributed by atoms with Crippen LogP contribution >= 0.6 is 0 Å². The smallest absolute Gasteiger partial charge is 0.221 e. The maximum Gasteiger partial charge on any atom is 0.221 e. The number of hydrogen-bond donors (Lipinski definition) is 2.